The molecule has 1 aromatic rings. The highest BCUT2D eigenvalue weighted by molar-refractivity contribution is 5.77. The second-order valence-electron chi connectivity index (χ2n) is 3.51. The molecule has 0 aromatic heterocycles. The molecular formula is C12H17N3O3. The van der Waals surface area contributed by atoms with Crippen LogP contribution in [-0.2, 0) is 16.2 Å². The number of urea groups is 1. The van der Waals surface area contributed by atoms with Crippen LogP contribution in [0.15, 0.2) is 30.3 Å². The summed E-state index contributed by atoms with van der Waals surface area (Å²) >= 11 is 0. The Morgan fingerprint density at radius 1 is 1.17 bits per heavy atom. The Labute approximate surface area is 106 Å². The van der Waals surface area contributed by atoms with Crippen molar-refractivity contribution in [2.75, 3.05) is 13.2 Å². The van der Waals surface area contributed by atoms with E-state index in [9.17, 15) is 9.59 Å². The van der Waals surface area contributed by atoms with Crippen molar-refractivity contribution in [3.63, 3.8) is 0 Å². The van der Waals surface area contributed by atoms with Crippen LogP contribution in [0.1, 0.15) is 12.5 Å². The van der Waals surface area contributed by atoms with Crippen molar-refractivity contribution in [2.24, 2.45) is 0 Å². The van der Waals surface area contributed by atoms with E-state index >= 15 is 0 Å². The van der Waals surface area contributed by atoms with Crippen molar-refractivity contribution in [1.29, 1.82) is 0 Å². The van der Waals surface area contributed by atoms with E-state index in [0.717, 1.165) is 5.56 Å². The molecule has 0 bridgehead atoms. The van der Waals surface area contributed by atoms with E-state index in [-0.39, 0.29) is 12.5 Å². The second-order valence-corrected chi connectivity index (χ2v) is 3.51. The molecule has 98 valence electrons. The molecule has 0 saturated heterocycles. The third-order valence-electron chi connectivity index (χ3n) is 2.04. The van der Waals surface area contributed by atoms with Gasteiger partial charge in [-0.2, -0.15) is 0 Å². The fourth-order valence-electron chi connectivity index (χ4n) is 1.21. The molecule has 6 nitrogen and oxygen atoms in total. The third-order valence-corrected chi connectivity index (χ3v) is 2.04. The molecule has 3 N–H and O–H groups in total. The zero-order valence-corrected chi connectivity index (χ0v) is 10.2. The smallest absolute Gasteiger partial charge is 0.338 e. The number of amides is 3. The predicted octanol–water partition coefficient (Wildman–Crippen LogP) is 0.554. The van der Waals surface area contributed by atoms with Gasteiger partial charge in [0.15, 0.2) is 6.61 Å². The lowest BCUT2D eigenvalue weighted by molar-refractivity contribution is -0.127. The first-order valence-electron chi connectivity index (χ1n) is 5.68. The van der Waals surface area contributed by atoms with Crippen molar-refractivity contribution in [3.8, 4) is 0 Å². The van der Waals surface area contributed by atoms with Gasteiger partial charge >= 0.3 is 6.03 Å². The van der Waals surface area contributed by atoms with Gasteiger partial charge < -0.3 is 10.6 Å². The predicted molar refractivity (Wildman–Crippen MR) is 66.4 cm³/mol. The molecule has 1 aromatic carbocycles. The highest BCUT2D eigenvalue weighted by Crippen LogP contribution is 1.96. The minimum absolute atomic E-state index is 0.218. The number of carbonyl (C=O) groups excluding carboxylic acids is 2. The highest BCUT2D eigenvalue weighted by Gasteiger charge is 2.03. The Balaban J connectivity index is 2.13. The van der Waals surface area contributed by atoms with Gasteiger partial charge in [0, 0.05) is 13.1 Å². The summed E-state index contributed by atoms with van der Waals surface area (Å²) in [5.41, 5.74) is 3.10. The van der Waals surface area contributed by atoms with Gasteiger partial charge in [0.1, 0.15) is 0 Å². The molecular weight excluding hydrogens is 234 g/mol. The molecule has 0 spiro atoms. The minimum Gasteiger partial charge on any atom is -0.350 e. The number of hydrogen-bond acceptors (Lipinski definition) is 3. The van der Waals surface area contributed by atoms with Crippen LogP contribution in [0.5, 0.6) is 0 Å². The number of rotatable bonds is 6. The van der Waals surface area contributed by atoms with E-state index in [4.69, 9.17) is 4.84 Å². The molecule has 18 heavy (non-hydrogen) atoms. The van der Waals surface area contributed by atoms with Crippen LogP contribution in [0.3, 0.4) is 0 Å². The van der Waals surface area contributed by atoms with Crippen LogP contribution in [0.4, 0.5) is 4.79 Å². The molecule has 0 aliphatic rings. The molecule has 1 rings (SSSR count). The van der Waals surface area contributed by atoms with Gasteiger partial charge in [0.25, 0.3) is 0 Å². The maximum absolute atomic E-state index is 11.3. The van der Waals surface area contributed by atoms with Crippen LogP contribution < -0.4 is 16.1 Å². The number of benzene rings is 1. The van der Waals surface area contributed by atoms with Crippen LogP contribution in [0.25, 0.3) is 0 Å². The zero-order chi connectivity index (χ0) is 13.2. The summed E-state index contributed by atoms with van der Waals surface area (Å²) in [6.45, 7) is 2.50. The maximum atomic E-state index is 11.3. The molecule has 6 heteroatoms. The number of hydroxylamine groups is 1. The topological polar surface area (TPSA) is 79.5 Å². The Bertz CT molecular complexity index is 381. The highest BCUT2D eigenvalue weighted by atomic mass is 16.7. The molecule has 0 saturated carbocycles. The van der Waals surface area contributed by atoms with Crippen molar-refractivity contribution >= 4 is 11.9 Å². The van der Waals surface area contributed by atoms with Crippen molar-refractivity contribution < 1.29 is 14.4 Å². The summed E-state index contributed by atoms with van der Waals surface area (Å²) in [6, 6.07) is 9.06. The summed E-state index contributed by atoms with van der Waals surface area (Å²) in [5, 5.41) is 5.14. The molecule has 0 heterocycles. The lowest BCUT2D eigenvalue weighted by Gasteiger charge is -2.07. The molecule has 0 fully saturated rings. The van der Waals surface area contributed by atoms with Crippen LogP contribution in [0.2, 0.25) is 0 Å². The van der Waals surface area contributed by atoms with Gasteiger partial charge in [-0.15, -0.1) is 0 Å². The molecule has 0 unspecified atom stereocenters. The average molecular weight is 251 g/mol. The number of hydrogen-bond donors (Lipinski definition) is 3. The number of carbonyl (C=O) groups is 2. The molecule has 0 aliphatic carbocycles. The first-order chi connectivity index (χ1) is 8.72. The summed E-state index contributed by atoms with van der Waals surface area (Å²) in [7, 11) is 0. The summed E-state index contributed by atoms with van der Waals surface area (Å²) in [5.74, 6) is -0.296. The Kier molecular flexibility index (Phi) is 6.27. The van der Waals surface area contributed by atoms with Gasteiger partial charge in [0.05, 0.1) is 0 Å². The van der Waals surface area contributed by atoms with Crippen LogP contribution >= 0.6 is 0 Å². The van der Waals surface area contributed by atoms with Crippen molar-refractivity contribution in [1.82, 2.24) is 16.1 Å². The second kappa shape index (κ2) is 8.08. The molecule has 3 amide bonds. The fourth-order valence-corrected chi connectivity index (χ4v) is 1.21. The summed E-state index contributed by atoms with van der Waals surface area (Å²) in [6.07, 6.45) is 0. The van der Waals surface area contributed by atoms with E-state index in [0.29, 0.717) is 13.1 Å². The van der Waals surface area contributed by atoms with Gasteiger partial charge in [-0.3, -0.25) is 9.63 Å². The summed E-state index contributed by atoms with van der Waals surface area (Å²) in [4.78, 5) is 27.0. The third kappa shape index (κ3) is 5.86. The zero-order valence-electron chi connectivity index (χ0n) is 10.2. The quantitative estimate of drug-likeness (QED) is 0.646. The van der Waals surface area contributed by atoms with Crippen LogP contribution in [0, 0.1) is 0 Å². The van der Waals surface area contributed by atoms with E-state index in [2.05, 4.69) is 16.1 Å². The van der Waals surface area contributed by atoms with Crippen molar-refractivity contribution in [2.45, 2.75) is 13.5 Å². The van der Waals surface area contributed by atoms with Crippen LogP contribution in [-0.4, -0.2) is 25.1 Å². The van der Waals surface area contributed by atoms with Gasteiger partial charge in [-0.05, 0) is 12.5 Å². The van der Waals surface area contributed by atoms with E-state index in [1.807, 2.05) is 30.3 Å². The average Bonchev–Trinajstić information content (AvgIpc) is 2.38. The lowest BCUT2D eigenvalue weighted by Crippen LogP contribution is -2.38. The minimum atomic E-state index is -0.464. The Morgan fingerprint density at radius 2 is 1.89 bits per heavy atom. The van der Waals surface area contributed by atoms with Gasteiger partial charge in [-0.25, -0.2) is 10.3 Å². The first-order valence-corrected chi connectivity index (χ1v) is 5.68. The monoisotopic (exact) mass is 251 g/mol. The Hall–Kier alpha value is -2.08. The standard InChI is InChI=1S/C12H17N3O3/c1-2-13-12(17)15-18-9-11(16)14-8-10-6-4-3-5-7-10/h3-7H,2,8-9H2,1H3,(H,14,16)(H2,13,15,17). The van der Waals surface area contributed by atoms with Crippen molar-refractivity contribution in [3.05, 3.63) is 35.9 Å². The fraction of sp³-hybridized carbons (Fsp3) is 0.333. The first kappa shape index (κ1) is 14.0. The SMILES string of the molecule is CCNC(=O)NOCC(=O)NCc1ccccc1. The Morgan fingerprint density at radius 3 is 2.56 bits per heavy atom. The normalized spacial score (nSPS) is 9.61. The van der Waals surface area contributed by atoms with Gasteiger partial charge in [-0.1, -0.05) is 30.3 Å². The van der Waals surface area contributed by atoms with E-state index < -0.39 is 6.03 Å². The van der Waals surface area contributed by atoms with E-state index in [1.165, 1.54) is 0 Å². The maximum Gasteiger partial charge on any atom is 0.338 e. The van der Waals surface area contributed by atoms with E-state index in [1.54, 1.807) is 6.92 Å². The number of nitrogens with one attached hydrogen (secondary N) is 3. The summed E-state index contributed by atoms with van der Waals surface area (Å²) < 4.78 is 0. The molecule has 0 aliphatic heterocycles. The molecule has 0 radical (unpaired) electrons. The largest absolute Gasteiger partial charge is 0.350 e. The van der Waals surface area contributed by atoms with Gasteiger partial charge in [0.2, 0.25) is 5.91 Å². The lowest BCUT2D eigenvalue weighted by atomic mass is 10.2. The molecule has 0 atom stereocenters.